The predicted molar refractivity (Wildman–Crippen MR) is 70.9 cm³/mol. The highest BCUT2D eigenvalue weighted by molar-refractivity contribution is 4.73. The van der Waals surface area contributed by atoms with Crippen LogP contribution in [-0.4, -0.2) is 30.0 Å². The van der Waals surface area contributed by atoms with E-state index in [0.29, 0.717) is 12.6 Å². The molecule has 0 aromatic carbocycles. The molecule has 1 saturated carbocycles. The molecule has 3 nitrogen and oxygen atoms in total. The number of unbranched alkanes of at least 4 members (excludes halogenated alkanes) is 1. The minimum atomic E-state index is -0.694. The van der Waals surface area contributed by atoms with Crippen LogP contribution < -0.4 is 5.73 Å². The summed E-state index contributed by atoms with van der Waals surface area (Å²) in [6.45, 7) is 5.30. The van der Waals surface area contributed by atoms with Crippen molar-refractivity contribution in [2.24, 2.45) is 11.7 Å². The van der Waals surface area contributed by atoms with Crippen molar-refractivity contribution in [2.75, 3.05) is 13.2 Å². The number of aliphatic hydroxyl groups is 1. The second-order valence-electron chi connectivity index (χ2n) is 5.91. The van der Waals surface area contributed by atoms with Crippen molar-refractivity contribution in [3.05, 3.63) is 0 Å². The van der Waals surface area contributed by atoms with Crippen LogP contribution in [-0.2, 0) is 4.74 Å². The third-order valence-corrected chi connectivity index (χ3v) is 3.87. The summed E-state index contributed by atoms with van der Waals surface area (Å²) < 4.78 is 5.87. The molecular weight excluding hydrogens is 214 g/mol. The van der Waals surface area contributed by atoms with Gasteiger partial charge >= 0.3 is 0 Å². The van der Waals surface area contributed by atoms with Crippen LogP contribution in [0.4, 0.5) is 0 Å². The van der Waals surface area contributed by atoms with Crippen molar-refractivity contribution in [1.29, 1.82) is 0 Å². The average molecular weight is 243 g/mol. The van der Waals surface area contributed by atoms with E-state index in [0.717, 1.165) is 31.8 Å². The SMILES string of the molecule is CC1CCC(OCCCCC(C)(O)CN)CC1. The van der Waals surface area contributed by atoms with E-state index in [1.54, 1.807) is 6.92 Å². The molecule has 1 unspecified atom stereocenters. The van der Waals surface area contributed by atoms with Gasteiger partial charge in [0, 0.05) is 13.2 Å². The molecule has 0 bridgehead atoms. The van der Waals surface area contributed by atoms with Crippen LogP contribution in [0.15, 0.2) is 0 Å². The topological polar surface area (TPSA) is 55.5 Å². The minimum Gasteiger partial charge on any atom is -0.389 e. The van der Waals surface area contributed by atoms with Crippen molar-refractivity contribution in [3.63, 3.8) is 0 Å². The van der Waals surface area contributed by atoms with E-state index in [1.807, 2.05) is 0 Å². The fourth-order valence-electron chi connectivity index (χ4n) is 2.36. The second kappa shape index (κ2) is 7.34. The Bertz CT molecular complexity index is 198. The van der Waals surface area contributed by atoms with Gasteiger partial charge in [-0.25, -0.2) is 0 Å². The maximum atomic E-state index is 9.73. The summed E-state index contributed by atoms with van der Waals surface area (Å²) in [6.07, 6.45) is 8.35. The molecule has 0 aromatic rings. The molecule has 0 saturated heterocycles. The van der Waals surface area contributed by atoms with Gasteiger partial charge in [0.05, 0.1) is 11.7 Å². The Kier molecular flexibility index (Phi) is 6.45. The van der Waals surface area contributed by atoms with Crippen LogP contribution >= 0.6 is 0 Å². The minimum absolute atomic E-state index is 0.342. The van der Waals surface area contributed by atoms with E-state index in [9.17, 15) is 5.11 Å². The third-order valence-electron chi connectivity index (χ3n) is 3.87. The molecule has 0 aliphatic heterocycles. The Hall–Kier alpha value is -0.120. The van der Waals surface area contributed by atoms with Gasteiger partial charge in [-0.15, -0.1) is 0 Å². The molecule has 0 spiro atoms. The Morgan fingerprint density at radius 3 is 2.47 bits per heavy atom. The van der Waals surface area contributed by atoms with Crippen molar-refractivity contribution in [2.45, 2.75) is 70.5 Å². The van der Waals surface area contributed by atoms with Gasteiger partial charge in [0.25, 0.3) is 0 Å². The predicted octanol–water partition coefficient (Wildman–Crippen LogP) is 2.46. The molecule has 17 heavy (non-hydrogen) atoms. The number of ether oxygens (including phenoxy) is 1. The Morgan fingerprint density at radius 1 is 1.24 bits per heavy atom. The highest BCUT2D eigenvalue weighted by Crippen LogP contribution is 2.25. The molecule has 1 aliphatic rings. The molecule has 102 valence electrons. The van der Waals surface area contributed by atoms with E-state index >= 15 is 0 Å². The summed E-state index contributed by atoms with van der Waals surface area (Å²) in [4.78, 5) is 0. The quantitative estimate of drug-likeness (QED) is 0.675. The zero-order valence-electron chi connectivity index (χ0n) is 11.5. The molecule has 3 heteroatoms. The molecule has 1 atom stereocenters. The lowest BCUT2D eigenvalue weighted by Gasteiger charge is -2.26. The number of hydrogen-bond acceptors (Lipinski definition) is 3. The molecule has 3 N–H and O–H groups in total. The lowest BCUT2D eigenvalue weighted by molar-refractivity contribution is 0.0127. The van der Waals surface area contributed by atoms with Gasteiger partial charge in [0.2, 0.25) is 0 Å². The highest BCUT2D eigenvalue weighted by atomic mass is 16.5. The van der Waals surface area contributed by atoms with Crippen molar-refractivity contribution >= 4 is 0 Å². The normalized spacial score (nSPS) is 28.9. The third kappa shape index (κ3) is 6.39. The molecule has 1 rings (SSSR count). The lowest BCUT2D eigenvalue weighted by Crippen LogP contribution is -2.34. The summed E-state index contributed by atoms with van der Waals surface area (Å²) in [5.41, 5.74) is 4.78. The van der Waals surface area contributed by atoms with Crippen molar-refractivity contribution in [1.82, 2.24) is 0 Å². The van der Waals surface area contributed by atoms with Crippen LogP contribution in [0.1, 0.15) is 58.8 Å². The van der Waals surface area contributed by atoms with E-state index in [4.69, 9.17) is 10.5 Å². The van der Waals surface area contributed by atoms with Crippen molar-refractivity contribution in [3.8, 4) is 0 Å². The van der Waals surface area contributed by atoms with Crippen LogP contribution in [0.5, 0.6) is 0 Å². The summed E-state index contributed by atoms with van der Waals surface area (Å²) in [5, 5.41) is 9.73. The first-order valence-electron chi connectivity index (χ1n) is 7.07. The lowest BCUT2D eigenvalue weighted by atomic mass is 9.89. The van der Waals surface area contributed by atoms with E-state index in [2.05, 4.69) is 6.92 Å². The smallest absolute Gasteiger partial charge is 0.0741 e. The van der Waals surface area contributed by atoms with Gasteiger partial charge in [-0.05, 0) is 57.8 Å². The van der Waals surface area contributed by atoms with E-state index in [1.165, 1.54) is 25.7 Å². The number of nitrogens with two attached hydrogens (primary N) is 1. The molecule has 0 heterocycles. The summed E-state index contributed by atoms with van der Waals surface area (Å²) in [5.74, 6) is 0.884. The van der Waals surface area contributed by atoms with Gasteiger partial charge in [-0.2, -0.15) is 0 Å². The first kappa shape index (κ1) is 14.9. The largest absolute Gasteiger partial charge is 0.389 e. The van der Waals surface area contributed by atoms with Gasteiger partial charge in [-0.3, -0.25) is 0 Å². The van der Waals surface area contributed by atoms with Gasteiger partial charge in [0.1, 0.15) is 0 Å². The number of hydrogen-bond donors (Lipinski definition) is 2. The monoisotopic (exact) mass is 243 g/mol. The molecule has 1 fully saturated rings. The van der Waals surface area contributed by atoms with Crippen LogP contribution in [0.3, 0.4) is 0 Å². The molecule has 0 radical (unpaired) electrons. The van der Waals surface area contributed by atoms with E-state index < -0.39 is 5.60 Å². The fourth-order valence-corrected chi connectivity index (χ4v) is 2.36. The Balaban J connectivity index is 1.97. The summed E-state index contributed by atoms with van der Waals surface area (Å²) in [6, 6.07) is 0. The van der Waals surface area contributed by atoms with Crippen LogP contribution in [0.2, 0.25) is 0 Å². The fraction of sp³-hybridized carbons (Fsp3) is 1.00. The second-order valence-corrected chi connectivity index (χ2v) is 5.91. The molecule has 0 aromatic heterocycles. The average Bonchev–Trinajstić information content (AvgIpc) is 2.31. The maximum absolute atomic E-state index is 9.73. The standard InChI is InChI=1S/C14H29NO2/c1-12-5-7-13(8-6-12)17-10-4-3-9-14(2,16)11-15/h12-13,16H,3-11,15H2,1-2H3. The zero-order valence-corrected chi connectivity index (χ0v) is 11.5. The molecule has 1 aliphatic carbocycles. The van der Waals surface area contributed by atoms with Gasteiger partial charge in [-0.1, -0.05) is 6.92 Å². The summed E-state index contributed by atoms with van der Waals surface area (Å²) in [7, 11) is 0. The van der Waals surface area contributed by atoms with Gasteiger partial charge < -0.3 is 15.6 Å². The van der Waals surface area contributed by atoms with E-state index in [-0.39, 0.29) is 0 Å². The molecule has 0 amide bonds. The maximum Gasteiger partial charge on any atom is 0.0741 e. The molecular formula is C14H29NO2. The zero-order chi connectivity index (χ0) is 12.7. The van der Waals surface area contributed by atoms with Crippen molar-refractivity contribution < 1.29 is 9.84 Å². The van der Waals surface area contributed by atoms with Crippen LogP contribution in [0, 0.1) is 5.92 Å². The van der Waals surface area contributed by atoms with Crippen LogP contribution in [0.25, 0.3) is 0 Å². The Morgan fingerprint density at radius 2 is 1.88 bits per heavy atom. The highest BCUT2D eigenvalue weighted by Gasteiger charge is 2.19. The Labute approximate surface area is 106 Å². The van der Waals surface area contributed by atoms with Gasteiger partial charge in [0.15, 0.2) is 0 Å². The summed E-state index contributed by atoms with van der Waals surface area (Å²) >= 11 is 0. The first-order valence-corrected chi connectivity index (χ1v) is 7.07. The first-order chi connectivity index (χ1) is 8.03. The number of rotatable bonds is 7.